The van der Waals surface area contributed by atoms with Gasteiger partial charge in [0.15, 0.2) is 0 Å². The van der Waals surface area contributed by atoms with Gasteiger partial charge in [-0.3, -0.25) is 10.1 Å². The van der Waals surface area contributed by atoms with Crippen LogP contribution in [0.4, 0.5) is 17.1 Å². The van der Waals surface area contributed by atoms with E-state index < -0.39 is 0 Å². The molecule has 1 aliphatic carbocycles. The minimum absolute atomic E-state index is 0.107. The van der Waals surface area contributed by atoms with Gasteiger partial charge in [0, 0.05) is 13.1 Å². The van der Waals surface area contributed by atoms with Gasteiger partial charge in [0.2, 0.25) is 0 Å². The number of fused-ring (bicyclic) bond motifs is 1. The molecule has 108 valence electrons. The maximum Gasteiger partial charge on any atom is 0.315 e. The number of nitro groups is 1. The molecule has 3 rings (SSSR count). The fraction of sp³-hybridized carbons (Fsp3) is 0.250. The van der Waals surface area contributed by atoms with Crippen molar-refractivity contribution in [1.29, 1.82) is 0 Å². The normalized spacial score (nSPS) is 13.8. The molecule has 0 amide bonds. The molecule has 0 saturated heterocycles. The van der Waals surface area contributed by atoms with Gasteiger partial charge in [-0.2, -0.15) is 0 Å². The lowest BCUT2D eigenvalue weighted by Crippen LogP contribution is -2.20. The summed E-state index contributed by atoms with van der Waals surface area (Å²) in [5, 5.41) is 17.5. The number of nitrogens with one attached hydrogen (secondary N) is 2. The number of nitrogens with zero attached hydrogens (tertiary/aromatic N) is 1. The van der Waals surface area contributed by atoms with Crippen LogP contribution >= 0.6 is 0 Å². The standard InChI is InChI=1S/C16H17N3O2/c1-17-14-7-4-8-15(16(14)19(20)21)18-13-9-11-5-2-3-6-12(11)10-13/h2-8,13,17-18H,9-10H2,1H3. The Balaban J connectivity index is 1.85. The second-order valence-corrected chi connectivity index (χ2v) is 5.23. The zero-order chi connectivity index (χ0) is 14.8. The number of anilines is 2. The molecule has 5 nitrogen and oxygen atoms in total. The van der Waals surface area contributed by atoms with Gasteiger partial charge in [-0.15, -0.1) is 0 Å². The van der Waals surface area contributed by atoms with Crippen molar-refractivity contribution in [3.63, 3.8) is 0 Å². The highest BCUT2D eigenvalue weighted by molar-refractivity contribution is 5.76. The van der Waals surface area contributed by atoms with E-state index in [1.807, 2.05) is 18.2 Å². The molecule has 2 N–H and O–H groups in total. The molecule has 0 atom stereocenters. The van der Waals surface area contributed by atoms with E-state index in [4.69, 9.17) is 0 Å². The van der Waals surface area contributed by atoms with Crippen molar-refractivity contribution in [1.82, 2.24) is 0 Å². The molecular formula is C16H17N3O2. The summed E-state index contributed by atoms with van der Waals surface area (Å²) in [6.07, 6.45) is 1.80. The zero-order valence-corrected chi connectivity index (χ0v) is 11.8. The van der Waals surface area contributed by atoms with Crippen LogP contribution in [0.2, 0.25) is 0 Å². The van der Waals surface area contributed by atoms with Crippen molar-refractivity contribution in [3.05, 3.63) is 63.7 Å². The maximum atomic E-state index is 11.3. The predicted octanol–water partition coefficient (Wildman–Crippen LogP) is 3.22. The van der Waals surface area contributed by atoms with Crippen molar-refractivity contribution in [2.24, 2.45) is 0 Å². The summed E-state index contributed by atoms with van der Waals surface area (Å²) in [6.45, 7) is 0. The van der Waals surface area contributed by atoms with Gasteiger partial charge in [-0.05, 0) is 36.1 Å². The Morgan fingerprint density at radius 1 is 1.05 bits per heavy atom. The van der Waals surface area contributed by atoms with Crippen molar-refractivity contribution >= 4 is 17.1 Å². The van der Waals surface area contributed by atoms with Gasteiger partial charge < -0.3 is 10.6 Å². The average Bonchev–Trinajstić information content (AvgIpc) is 2.88. The fourth-order valence-corrected chi connectivity index (χ4v) is 2.94. The Hall–Kier alpha value is -2.56. The minimum atomic E-state index is -0.337. The first kappa shape index (κ1) is 13.4. The molecular weight excluding hydrogens is 266 g/mol. The molecule has 0 aliphatic heterocycles. The van der Waals surface area contributed by atoms with E-state index in [-0.39, 0.29) is 16.7 Å². The lowest BCUT2D eigenvalue weighted by Gasteiger charge is -2.15. The van der Waals surface area contributed by atoms with E-state index in [2.05, 4.69) is 22.8 Å². The maximum absolute atomic E-state index is 11.3. The number of para-hydroxylation sites is 1. The van der Waals surface area contributed by atoms with Crippen LogP contribution in [0.25, 0.3) is 0 Å². The second kappa shape index (κ2) is 5.44. The van der Waals surface area contributed by atoms with Crippen LogP contribution in [0.1, 0.15) is 11.1 Å². The molecule has 5 heteroatoms. The van der Waals surface area contributed by atoms with Crippen molar-refractivity contribution in [2.45, 2.75) is 18.9 Å². The Morgan fingerprint density at radius 3 is 2.24 bits per heavy atom. The highest BCUT2D eigenvalue weighted by atomic mass is 16.6. The predicted molar refractivity (Wildman–Crippen MR) is 83.9 cm³/mol. The number of hydrogen-bond acceptors (Lipinski definition) is 4. The second-order valence-electron chi connectivity index (χ2n) is 5.23. The van der Waals surface area contributed by atoms with Crippen LogP contribution in [-0.4, -0.2) is 18.0 Å². The van der Waals surface area contributed by atoms with Crippen LogP contribution in [0.15, 0.2) is 42.5 Å². The smallest absolute Gasteiger partial charge is 0.315 e. The molecule has 0 unspecified atom stereocenters. The zero-order valence-electron chi connectivity index (χ0n) is 11.8. The quantitative estimate of drug-likeness (QED) is 0.668. The number of nitro benzene ring substituents is 1. The van der Waals surface area contributed by atoms with Crippen molar-refractivity contribution < 1.29 is 4.92 Å². The van der Waals surface area contributed by atoms with Crippen LogP contribution < -0.4 is 10.6 Å². The summed E-state index contributed by atoms with van der Waals surface area (Å²) in [7, 11) is 1.69. The first-order valence-corrected chi connectivity index (χ1v) is 6.97. The number of rotatable bonds is 4. The summed E-state index contributed by atoms with van der Waals surface area (Å²) in [6, 6.07) is 13.8. The van der Waals surface area contributed by atoms with Crippen LogP contribution in [0.3, 0.4) is 0 Å². The van der Waals surface area contributed by atoms with Crippen LogP contribution in [-0.2, 0) is 12.8 Å². The van der Waals surface area contributed by atoms with E-state index in [9.17, 15) is 10.1 Å². The molecule has 0 heterocycles. The lowest BCUT2D eigenvalue weighted by atomic mass is 10.1. The van der Waals surface area contributed by atoms with E-state index >= 15 is 0 Å². The Bertz CT molecular complexity index is 660. The van der Waals surface area contributed by atoms with Gasteiger partial charge in [0.1, 0.15) is 11.4 Å². The molecule has 0 aromatic heterocycles. The monoisotopic (exact) mass is 283 g/mol. The summed E-state index contributed by atoms with van der Waals surface area (Å²) in [4.78, 5) is 11.0. The van der Waals surface area contributed by atoms with Gasteiger partial charge in [0.05, 0.1) is 4.92 Å². The van der Waals surface area contributed by atoms with E-state index in [1.54, 1.807) is 19.2 Å². The average molecular weight is 283 g/mol. The summed E-state index contributed by atoms with van der Waals surface area (Å²) in [5.41, 5.74) is 3.85. The molecule has 0 saturated carbocycles. The number of benzene rings is 2. The Morgan fingerprint density at radius 2 is 1.67 bits per heavy atom. The summed E-state index contributed by atoms with van der Waals surface area (Å²) >= 11 is 0. The molecule has 0 bridgehead atoms. The molecule has 1 aliphatic rings. The largest absolute Gasteiger partial charge is 0.382 e. The van der Waals surface area contributed by atoms with E-state index in [1.165, 1.54) is 11.1 Å². The molecule has 2 aromatic carbocycles. The Labute approximate surface area is 123 Å². The number of hydrogen-bond donors (Lipinski definition) is 2. The van der Waals surface area contributed by atoms with E-state index in [0.29, 0.717) is 11.4 Å². The SMILES string of the molecule is CNc1cccc(NC2Cc3ccccc3C2)c1[N+](=O)[O-]. The third-order valence-electron chi connectivity index (χ3n) is 3.90. The third kappa shape index (κ3) is 2.54. The first-order valence-electron chi connectivity index (χ1n) is 6.97. The van der Waals surface area contributed by atoms with Gasteiger partial charge >= 0.3 is 5.69 Å². The van der Waals surface area contributed by atoms with Crippen LogP contribution in [0, 0.1) is 10.1 Å². The topological polar surface area (TPSA) is 67.2 Å². The molecule has 0 radical (unpaired) electrons. The van der Waals surface area contributed by atoms with Crippen LogP contribution in [0.5, 0.6) is 0 Å². The minimum Gasteiger partial charge on any atom is -0.382 e. The first-order chi connectivity index (χ1) is 10.2. The highest BCUT2D eigenvalue weighted by Crippen LogP contribution is 2.34. The third-order valence-corrected chi connectivity index (χ3v) is 3.90. The van der Waals surface area contributed by atoms with Gasteiger partial charge in [-0.1, -0.05) is 30.3 Å². The molecule has 21 heavy (non-hydrogen) atoms. The fourth-order valence-electron chi connectivity index (χ4n) is 2.94. The lowest BCUT2D eigenvalue weighted by molar-refractivity contribution is -0.383. The van der Waals surface area contributed by atoms with Gasteiger partial charge in [-0.25, -0.2) is 0 Å². The van der Waals surface area contributed by atoms with Crippen molar-refractivity contribution in [3.8, 4) is 0 Å². The highest BCUT2D eigenvalue weighted by Gasteiger charge is 2.25. The Kier molecular flexibility index (Phi) is 3.48. The molecule has 0 spiro atoms. The van der Waals surface area contributed by atoms with Gasteiger partial charge in [0.25, 0.3) is 0 Å². The summed E-state index contributed by atoms with van der Waals surface area (Å²) in [5.74, 6) is 0. The molecule has 2 aromatic rings. The summed E-state index contributed by atoms with van der Waals surface area (Å²) < 4.78 is 0. The van der Waals surface area contributed by atoms with Crippen molar-refractivity contribution in [2.75, 3.05) is 17.7 Å². The molecule has 0 fully saturated rings. The van der Waals surface area contributed by atoms with E-state index in [0.717, 1.165) is 12.8 Å².